The lowest BCUT2D eigenvalue weighted by atomic mass is 10.3. The summed E-state index contributed by atoms with van der Waals surface area (Å²) in [6.07, 6.45) is -0.320. The monoisotopic (exact) mass is 416 g/mol. The fourth-order valence-electron chi connectivity index (χ4n) is 1.73. The molecule has 0 spiro atoms. The molecule has 6 nitrogen and oxygen atoms in total. The Labute approximate surface area is 145 Å². The van der Waals surface area contributed by atoms with Gasteiger partial charge in [-0.25, -0.2) is 10.0 Å². The number of anilines is 1. The highest BCUT2D eigenvalue weighted by Gasteiger charge is 2.10. The Hall–Kier alpha value is -1.48. The second kappa shape index (κ2) is 9.52. The summed E-state index contributed by atoms with van der Waals surface area (Å²) < 4.78 is 11.6. The van der Waals surface area contributed by atoms with Gasteiger partial charge in [-0.05, 0) is 61.6 Å². The number of rotatable bonds is 5. The van der Waals surface area contributed by atoms with Gasteiger partial charge < -0.3 is 9.47 Å². The minimum Gasteiger partial charge on any atom is -0.467 e. The van der Waals surface area contributed by atoms with Crippen LogP contribution >= 0.6 is 22.6 Å². The number of hydrazone groups is 1. The molecule has 0 heterocycles. The topological polar surface area (TPSA) is 58.8 Å². The van der Waals surface area contributed by atoms with Crippen LogP contribution in [0.3, 0.4) is 0 Å². The molecule has 0 N–H and O–H groups in total. The molecule has 0 aliphatic rings. The lowest BCUT2D eigenvalue weighted by Crippen LogP contribution is -2.24. The van der Waals surface area contributed by atoms with Crippen LogP contribution in [0.25, 0.3) is 0 Å². The first kappa shape index (κ1) is 18.6. The summed E-state index contributed by atoms with van der Waals surface area (Å²) in [4.78, 5) is 8.60. The molecule has 0 saturated heterocycles. The highest BCUT2D eigenvalue weighted by molar-refractivity contribution is 14.1. The second-order valence-corrected chi connectivity index (χ2v) is 5.51. The number of benzene rings is 1. The average Bonchev–Trinajstić information content (AvgIpc) is 2.47. The van der Waals surface area contributed by atoms with Crippen molar-refractivity contribution >= 4 is 46.9 Å². The molecule has 1 rings (SSSR count). The maximum absolute atomic E-state index is 5.36. The van der Waals surface area contributed by atoms with E-state index in [0.29, 0.717) is 12.4 Å². The zero-order valence-corrected chi connectivity index (χ0v) is 15.4. The molecular weight excluding hydrogens is 395 g/mol. The SMILES string of the molecule is C=NN(/C(C)=N/C(=N\C(C)OCC)OC)c1cccc(I)c1. The maximum Gasteiger partial charge on any atom is 0.315 e. The van der Waals surface area contributed by atoms with Crippen LogP contribution in [-0.2, 0) is 9.47 Å². The van der Waals surface area contributed by atoms with Crippen LogP contribution in [0.15, 0.2) is 39.4 Å². The molecule has 1 unspecified atom stereocenters. The Kier molecular flexibility index (Phi) is 8.03. The number of amidine groups is 2. The van der Waals surface area contributed by atoms with Crippen molar-refractivity contribution in [1.82, 2.24) is 0 Å². The van der Waals surface area contributed by atoms with Crippen LogP contribution in [0.2, 0.25) is 0 Å². The smallest absolute Gasteiger partial charge is 0.315 e. The highest BCUT2D eigenvalue weighted by atomic mass is 127. The van der Waals surface area contributed by atoms with Gasteiger partial charge in [-0.2, -0.15) is 10.1 Å². The minimum atomic E-state index is -0.320. The van der Waals surface area contributed by atoms with E-state index in [-0.39, 0.29) is 12.2 Å². The minimum absolute atomic E-state index is 0.234. The van der Waals surface area contributed by atoms with E-state index in [0.717, 1.165) is 9.26 Å². The Morgan fingerprint density at radius 2 is 2.18 bits per heavy atom. The molecular formula is C15H21IN4O2. The molecule has 1 atom stereocenters. The normalized spacial score (nSPS) is 13.7. The van der Waals surface area contributed by atoms with Crippen LogP contribution in [-0.4, -0.2) is 38.5 Å². The van der Waals surface area contributed by atoms with Crippen LogP contribution in [0.4, 0.5) is 5.69 Å². The van der Waals surface area contributed by atoms with Crippen molar-refractivity contribution in [2.45, 2.75) is 27.0 Å². The van der Waals surface area contributed by atoms with Crippen LogP contribution in [0.1, 0.15) is 20.8 Å². The Morgan fingerprint density at radius 3 is 2.73 bits per heavy atom. The van der Waals surface area contributed by atoms with E-state index in [1.54, 1.807) is 5.01 Å². The molecule has 0 aliphatic carbocycles. The first-order valence-corrected chi connectivity index (χ1v) is 7.90. The fraction of sp³-hybridized carbons (Fsp3) is 0.400. The van der Waals surface area contributed by atoms with Crippen molar-refractivity contribution < 1.29 is 9.47 Å². The predicted molar refractivity (Wildman–Crippen MR) is 99.8 cm³/mol. The van der Waals surface area contributed by atoms with Gasteiger partial charge in [0.05, 0.1) is 12.8 Å². The number of aliphatic imine (C=N–C) groups is 2. The third-order valence-electron chi connectivity index (χ3n) is 2.64. The number of halogens is 1. The molecule has 1 aromatic rings. The molecule has 0 radical (unpaired) electrons. The van der Waals surface area contributed by atoms with Crippen molar-refractivity contribution in [1.29, 1.82) is 0 Å². The molecule has 0 amide bonds. The van der Waals surface area contributed by atoms with E-state index >= 15 is 0 Å². The van der Waals surface area contributed by atoms with Crippen molar-refractivity contribution in [2.75, 3.05) is 18.7 Å². The van der Waals surface area contributed by atoms with Gasteiger partial charge in [0.1, 0.15) is 5.84 Å². The number of hydrogen-bond donors (Lipinski definition) is 0. The van der Waals surface area contributed by atoms with Gasteiger partial charge in [0.15, 0.2) is 6.23 Å². The maximum atomic E-state index is 5.36. The van der Waals surface area contributed by atoms with Gasteiger partial charge in [0.2, 0.25) is 0 Å². The standard InChI is InChI=1S/C15H21IN4O2/c1-6-22-12(3)19-15(21-5)18-11(2)20(17-4)14-9-7-8-13(16)10-14/h7-10,12H,4,6H2,1-3,5H3/b18-11+,19-15+. The molecule has 0 aromatic heterocycles. The Bertz CT molecular complexity index is 560. The van der Waals surface area contributed by atoms with Crippen LogP contribution in [0, 0.1) is 3.57 Å². The Balaban J connectivity index is 3.03. The number of nitrogens with zero attached hydrogens (tertiary/aromatic N) is 4. The third kappa shape index (κ3) is 5.72. The van der Waals surface area contributed by atoms with Crippen LogP contribution in [0.5, 0.6) is 0 Å². The predicted octanol–water partition coefficient (Wildman–Crippen LogP) is 3.52. The average molecular weight is 416 g/mol. The largest absolute Gasteiger partial charge is 0.467 e. The van der Waals surface area contributed by atoms with Crippen LogP contribution < -0.4 is 5.01 Å². The molecule has 1 aromatic carbocycles. The lowest BCUT2D eigenvalue weighted by Gasteiger charge is -2.18. The highest BCUT2D eigenvalue weighted by Crippen LogP contribution is 2.18. The van der Waals surface area contributed by atoms with E-state index in [1.807, 2.05) is 45.0 Å². The summed E-state index contributed by atoms with van der Waals surface area (Å²) in [7, 11) is 1.52. The van der Waals surface area contributed by atoms with Crippen molar-refractivity contribution in [3.05, 3.63) is 27.8 Å². The molecule has 22 heavy (non-hydrogen) atoms. The van der Waals surface area contributed by atoms with Gasteiger partial charge in [0, 0.05) is 16.9 Å². The van der Waals surface area contributed by atoms with Gasteiger partial charge >= 0.3 is 6.02 Å². The summed E-state index contributed by atoms with van der Waals surface area (Å²) in [6.45, 7) is 9.73. The molecule has 0 saturated carbocycles. The number of ether oxygens (including phenoxy) is 2. The Morgan fingerprint density at radius 1 is 1.45 bits per heavy atom. The molecule has 0 bridgehead atoms. The van der Waals surface area contributed by atoms with Crippen molar-refractivity contribution in [3.63, 3.8) is 0 Å². The first-order chi connectivity index (χ1) is 10.5. The zero-order valence-electron chi connectivity index (χ0n) is 13.3. The van der Waals surface area contributed by atoms with Gasteiger partial charge in [-0.3, -0.25) is 0 Å². The second-order valence-electron chi connectivity index (χ2n) is 4.26. The summed E-state index contributed by atoms with van der Waals surface area (Å²) >= 11 is 2.24. The van der Waals surface area contributed by atoms with Gasteiger partial charge in [-0.1, -0.05) is 6.07 Å². The first-order valence-electron chi connectivity index (χ1n) is 6.82. The van der Waals surface area contributed by atoms with E-state index < -0.39 is 0 Å². The van der Waals surface area contributed by atoms with E-state index in [4.69, 9.17) is 9.47 Å². The van der Waals surface area contributed by atoms with Crippen molar-refractivity contribution in [2.24, 2.45) is 15.1 Å². The van der Waals surface area contributed by atoms with E-state index in [2.05, 4.69) is 44.4 Å². The lowest BCUT2D eigenvalue weighted by molar-refractivity contribution is 0.0811. The van der Waals surface area contributed by atoms with Crippen molar-refractivity contribution in [3.8, 4) is 0 Å². The van der Waals surface area contributed by atoms with Gasteiger partial charge in [-0.15, -0.1) is 0 Å². The number of methoxy groups -OCH3 is 1. The quantitative estimate of drug-likeness (QED) is 0.320. The van der Waals surface area contributed by atoms with Gasteiger partial charge in [0.25, 0.3) is 0 Å². The summed E-state index contributed by atoms with van der Waals surface area (Å²) in [5.74, 6) is 0.598. The molecule has 7 heteroatoms. The third-order valence-corrected chi connectivity index (χ3v) is 3.31. The summed E-state index contributed by atoms with van der Waals surface area (Å²) in [5.41, 5.74) is 0.872. The fourth-order valence-corrected chi connectivity index (χ4v) is 2.25. The molecule has 0 fully saturated rings. The molecule has 120 valence electrons. The zero-order chi connectivity index (χ0) is 16.5. The van der Waals surface area contributed by atoms with E-state index in [9.17, 15) is 0 Å². The summed E-state index contributed by atoms with van der Waals surface area (Å²) in [6, 6.07) is 8.11. The molecule has 0 aliphatic heterocycles. The van der Waals surface area contributed by atoms with E-state index in [1.165, 1.54) is 7.11 Å². The summed E-state index contributed by atoms with van der Waals surface area (Å²) in [5, 5.41) is 5.64. The number of hydrogen-bond acceptors (Lipinski definition) is 4.